The van der Waals surface area contributed by atoms with E-state index in [1.165, 1.54) is 16.8 Å². The van der Waals surface area contributed by atoms with Crippen LogP contribution in [0.4, 0.5) is 5.69 Å². The predicted octanol–water partition coefficient (Wildman–Crippen LogP) is 4.42. The summed E-state index contributed by atoms with van der Waals surface area (Å²) in [5.41, 5.74) is 3.76. The maximum absolute atomic E-state index is 12.6. The van der Waals surface area contributed by atoms with Crippen molar-refractivity contribution in [2.45, 2.75) is 37.8 Å². The topological polar surface area (TPSA) is 26.8 Å². The number of hydrogen-bond donors (Lipinski definition) is 0. The van der Waals surface area contributed by atoms with Crippen molar-refractivity contribution in [3.05, 3.63) is 71.8 Å². The summed E-state index contributed by atoms with van der Waals surface area (Å²) in [7, 11) is 4.12. The lowest BCUT2D eigenvalue weighted by Gasteiger charge is -2.45. The summed E-state index contributed by atoms with van der Waals surface area (Å²) >= 11 is 0. The number of nitrogens with zero attached hydrogens (tertiary/aromatic N) is 3. The highest BCUT2D eigenvalue weighted by atomic mass is 16.2. The van der Waals surface area contributed by atoms with Gasteiger partial charge in [0.1, 0.15) is 0 Å². The molecule has 0 bridgehead atoms. The monoisotopic (exact) mass is 403 g/mol. The summed E-state index contributed by atoms with van der Waals surface area (Å²) in [5, 5.41) is 0. The minimum absolute atomic E-state index is 0.0646. The van der Waals surface area contributed by atoms with E-state index in [0.29, 0.717) is 12.3 Å². The van der Waals surface area contributed by atoms with Crippen molar-refractivity contribution >= 4 is 17.7 Å². The lowest BCUT2D eigenvalue weighted by molar-refractivity contribution is -0.133. The lowest BCUT2D eigenvalue weighted by Crippen LogP contribution is -2.52. The first-order chi connectivity index (χ1) is 14.6. The highest BCUT2D eigenvalue weighted by Gasteiger charge is 2.46. The molecule has 0 N–H and O–H groups in total. The van der Waals surface area contributed by atoms with Gasteiger partial charge in [0, 0.05) is 57.9 Å². The van der Waals surface area contributed by atoms with Gasteiger partial charge in [-0.3, -0.25) is 9.69 Å². The van der Waals surface area contributed by atoms with Crippen LogP contribution in [0, 0.1) is 0 Å². The van der Waals surface area contributed by atoms with Crippen LogP contribution in [0.2, 0.25) is 0 Å². The lowest BCUT2D eigenvalue weighted by atomic mass is 9.84. The maximum atomic E-state index is 12.6. The summed E-state index contributed by atoms with van der Waals surface area (Å²) in [5.74, 6) is 0.327. The second-order valence-electron chi connectivity index (χ2n) is 8.88. The molecular formula is C26H33N3O. The van der Waals surface area contributed by atoms with Crippen LogP contribution in [0.3, 0.4) is 0 Å². The Kier molecular flexibility index (Phi) is 6.24. The molecular weight excluding hydrogens is 370 g/mol. The molecule has 2 heterocycles. The minimum Gasteiger partial charge on any atom is -0.378 e. The Morgan fingerprint density at radius 2 is 1.67 bits per heavy atom. The van der Waals surface area contributed by atoms with Gasteiger partial charge in [-0.1, -0.05) is 54.6 Å². The highest BCUT2D eigenvalue weighted by Crippen LogP contribution is 2.40. The standard InChI is InChI=1S/C26H33N3O/c1-27(2)24-12-10-22(11-13-24)9-6-18-28-19-16-26(17-20-28)15-14-25(30)29(26)21-23-7-4-3-5-8-23/h3-13H,14-21H2,1-2H3/b9-6+. The Morgan fingerprint density at radius 1 is 0.967 bits per heavy atom. The Balaban J connectivity index is 1.32. The zero-order chi connectivity index (χ0) is 21.0. The van der Waals surface area contributed by atoms with Gasteiger partial charge in [0.25, 0.3) is 0 Å². The molecule has 4 nitrogen and oxygen atoms in total. The van der Waals surface area contributed by atoms with Crippen LogP contribution in [0.1, 0.15) is 36.8 Å². The Bertz CT molecular complexity index is 865. The average Bonchev–Trinajstić information content (AvgIpc) is 3.06. The number of amides is 1. The molecule has 0 saturated carbocycles. The van der Waals surface area contributed by atoms with Gasteiger partial charge < -0.3 is 9.80 Å². The first kappa shape index (κ1) is 20.7. The van der Waals surface area contributed by atoms with Gasteiger partial charge in [-0.05, 0) is 42.5 Å². The molecule has 2 aromatic rings. The van der Waals surface area contributed by atoms with Crippen LogP contribution < -0.4 is 4.90 Å². The van der Waals surface area contributed by atoms with E-state index in [1.54, 1.807) is 0 Å². The smallest absolute Gasteiger partial charge is 0.223 e. The van der Waals surface area contributed by atoms with Gasteiger partial charge in [-0.15, -0.1) is 0 Å². The van der Waals surface area contributed by atoms with Crippen LogP contribution >= 0.6 is 0 Å². The van der Waals surface area contributed by atoms with Crippen molar-refractivity contribution in [1.82, 2.24) is 9.80 Å². The van der Waals surface area contributed by atoms with Gasteiger partial charge >= 0.3 is 0 Å². The summed E-state index contributed by atoms with van der Waals surface area (Å²) in [6, 6.07) is 19.1. The van der Waals surface area contributed by atoms with E-state index in [4.69, 9.17) is 0 Å². The molecule has 158 valence electrons. The molecule has 2 aliphatic rings. The van der Waals surface area contributed by atoms with Gasteiger partial charge in [-0.25, -0.2) is 0 Å². The number of likely N-dealkylation sites (tertiary alicyclic amines) is 2. The molecule has 4 rings (SSSR count). The van der Waals surface area contributed by atoms with Gasteiger partial charge in [-0.2, -0.15) is 0 Å². The number of carbonyl (C=O) groups is 1. The molecule has 0 radical (unpaired) electrons. The average molecular weight is 404 g/mol. The number of rotatable bonds is 6. The fourth-order valence-electron chi connectivity index (χ4n) is 4.79. The van der Waals surface area contributed by atoms with Crippen molar-refractivity contribution in [1.29, 1.82) is 0 Å². The molecule has 2 saturated heterocycles. The molecule has 4 heteroatoms. The van der Waals surface area contributed by atoms with Crippen LogP contribution in [-0.2, 0) is 11.3 Å². The van der Waals surface area contributed by atoms with E-state index in [2.05, 4.69) is 89.5 Å². The SMILES string of the molecule is CN(C)c1ccc(/C=C/CN2CCC3(CCC(=O)N3Cc3ccccc3)CC2)cc1. The maximum Gasteiger partial charge on any atom is 0.223 e. The normalized spacial score (nSPS) is 19.1. The van der Waals surface area contributed by atoms with E-state index >= 15 is 0 Å². The summed E-state index contributed by atoms with van der Waals surface area (Å²) < 4.78 is 0. The molecule has 2 fully saturated rings. The van der Waals surface area contributed by atoms with Crippen molar-refractivity contribution < 1.29 is 4.79 Å². The Morgan fingerprint density at radius 3 is 2.33 bits per heavy atom. The van der Waals surface area contributed by atoms with Crippen LogP contribution in [-0.4, -0.2) is 55.0 Å². The summed E-state index contributed by atoms with van der Waals surface area (Å²) in [4.78, 5) is 19.4. The number of anilines is 1. The summed E-state index contributed by atoms with van der Waals surface area (Å²) in [6.07, 6.45) is 8.36. The molecule has 0 atom stereocenters. The van der Waals surface area contributed by atoms with Gasteiger partial charge in [0.15, 0.2) is 0 Å². The fourth-order valence-corrected chi connectivity index (χ4v) is 4.79. The molecule has 1 spiro atoms. The van der Waals surface area contributed by atoms with Crippen molar-refractivity contribution in [3.63, 3.8) is 0 Å². The Labute approximate surface area is 180 Å². The number of piperidine rings is 1. The van der Waals surface area contributed by atoms with Crippen LogP contribution in [0.25, 0.3) is 6.08 Å². The van der Waals surface area contributed by atoms with E-state index in [9.17, 15) is 4.79 Å². The van der Waals surface area contributed by atoms with E-state index in [1.807, 2.05) is 6.07 Å². The zero-order valence-electron chi connectivity index (χ0n) is 18.3. The van der Waals surface area contributed by atoms with E-state index < -0.39 is 0 Å². The molecule has 2 aliphatic heterocycles. The molecule has 2 aromatic carbocycles. The van der Waals surface area contributed by atoms with Gasteiger partial charge in [0.05, 0.1) is 0 Å². The second kappa shape index (κ2) is 9.05. The third-order valence-corrected chi connectivity index (χ3v) is 6.73. The fraction of sp³-hybridized carbons (Fsp3) is 0.423. The molecule has 30 heavy (non-hydrogen) atoms. The van der Waals surface area contributed by atoms with Crippen LogP contribution in [0.15, 0.2) is 60.7 Å². The Hall–Kier alpha value is -2.59. The van der Waals surface area contributed by atoms with Gasteiger partial charge in [0.2, 0.25) is 5.91 Å². The van der Waals surface area contributed by atoms with Crippen molar-refractivity contribution in [2.75, 3.05) is 38.6 Å². The quantitative estimate of drug-likeness (QED) is 0.714. The number of carbonyl (C=O) groups excluding carboxylic acids is 1. The number of hydrogen-bond acceptors (Lipinski definition) is 3. The first-order valence-corrected chi connectivity index (χ1v) is 11.1. The highest BCUT2D eigenvalue weighted by molar-refractivity contribution is 5.79. The third-order valence-electron chi connectivity index (χ3n) is 6.73. The summed E-state index contributed by atoms with van der Waals surface area (Å²) in [6.45, 7) is 3.84. The predicted molar refractivity (Wildman–Crippen MR) is 124 cm³/mol. The minimum atomic E-state index is 0.0646. The van der Waals surface area contributed by atoms with Crippen molar-refractivity contribution in [2.24, 2.45) is 0 Å². The van der Waals surface area contributed by atoms with E-state index in [-0.39, 0.29) is 5.54 Å². The molecule has 1 amide bonds. The molecule has 0 unspecified atom stereocenters. The number of benzene rings is 2. The van der Waals surface area contributed by atoms with Crippen molar-refractivity contribution in [3.8, 4) is 0 Å². The first-order valence-electron chi connectivity index (χ1n) is 11.1. The van der Waals surface area contributed by atoms with E-state index in [0.717, 1.165) is 45.4 Å². The zero-order valence-corrected chi connectivity index (χ0v) is 18.3. The third kappa shape index (κ3) is 4.59. The molecule has 0 aliphatic carbocycles. The largest absolute Gasteiger partial charge is 0.378 e. The second-order valence-corrected chi connectivity index (χ2v) is 8.88. The van der Waals surface area contributed by atoms with Crippen LogP contribution in [0.5, 0.6) is 0 Å². The molecule has 0 aromatic heterocycles.